The molecule has 1 amide bonds. The van der Waals surface area contributed by atoms with E-state index in [4.69, 9.17) is 4.42 Å². The average Bonchev–Trinajstić information content (AvgIpc) is 3.15. The second-order valence-electron chi connectivity index (χ2n) is 7.93. The van der Waals surface area contributed by atoms with Gasteiger partial charge in [-0.3, -0.25) is 4.79 Å². The van der Waals surface area contributed by atoms with E-state index in [1.165, 1.54) is 8.61 Å². The van der Waals surface area contributed by atoms with Crippen LogP contribution in [0.5, 0.6) is 0 Å². The van der Waals surface area contributed by atoms with E-state index in [1.54, 1.807) is 11.8 Å². The Bertz CT molecular complexity index is 908. The lowest BCUT2D eigenvalue weighted by atomic mass is 9.83. The van der Waals surface area contributed by atoms with E-state index in [2.05, 4.69) is 0 Å². The number of hydrogen-bond donors (Lipinski definition) is 0. The first-order valence-corrected chi connectivity index (χ1v) is 11.5. The van der Waals surface area contributed by atoms with Crippen molar-refractivity contribution < 1.29 is 17.6 Å². The second-order valence-corrected chi connectivity index (χ2v) is 9.86. The van der Waals surface area contributed by atoms with Gasteiger partial charge in [0, 0.05) is 45.2 Å². The van der Waals surface area contributed by atoms with Crippen molar-refractivity contribution in [3.63, 3.8) is 0 Å². The first-order valence-electron chi connectivity index (χ1n) is 10.1. The van der Waals surface area contributed by atoms with Gasteiger partial charge in [-0.1, -0.05) is 6.42 Å². The minimum Gasteiger partial charge on any atom is -0.427 e. The van der Waals surface area contributed by atoms with Gasteiger partial charge >= 0.3 is 5.63 Å². The largest absolute Gasteiger partial charge is 0.427 e. The summed E-state index contributed by atoms with van der Waals surface area (Å²) in [6.45, 7) is 3.93. The summed E-state index contributed by atoms with van der Waals surface area (Å²) >= 11 is 0. The minimum absolute atomic E-state index is 0.0684. The Morgan fingerprint density at radius 1 is 1.00 bits per heavy atom. The maximum absolute atomic E-state index is 12.9. The lowest BCUT2D eigenvalue weighted by Crippen LogP contribution is -2.54. The van der Waals surface area contributed by atoms with E-state index < -0.39 is 15.8 Å². The van der Waals surface area contributed by atoms with Gasteiger partial charge in [0.05, 0.1) is 0 Å². The standard InChI is InChI=1S/C19H27N3O5S/c1-14-13-16(15-5-4-6-15)27-19(24)17(14)18(23)20-9-11-22(12-10-20)28(25,26)21-7-2-3-8-21/h13,15H,2-12H2,1H3. The van der Waals surface area contributed by atoms with Gasteiger partial charge in [-0.25, -0.2) is 4.79 Å². The summed E-state index contributed by atoms with van der Waals surface area (Å²) in [5, 5.41) is 0. The smallest absolute Gasteiger partial charge is 0.349 e. The van der Waals surface area contributed by atoms with Crippen molar-refractivity contribution in [2.24, 2.45) is 0 Å². The average molecular weight is 410 g/mol. The zero-order chi connectivity index (χ0) is 19.9. The fraction of sp³-hybridized carbons (Fsp3) is 0.684. The molecule has 0 atom stereocenters. The maximum Gasteiger partial charge on any atom is 0.349 e. The van der Waals surface area contributed by atoms with E-state index >= 15 is 0 Å². The highest BCUT2D eigenvalue weighted by molar-refractivity contribution is 7.86. The number of carbonyl (C=O) groups excluding carboxylic acids is 1. The van der Waals surface area contributed by atoms with Gasteiger partial charge in [0.1, 0.15) is 11.3 Å². The SMILES string of the molecule is Cc1cc(C2CCC2)oc(=O)c1C(=O)N1CCN(S(=O)(=O)N2CCCC2)CC1. The molecule has 0 aromatic carbocycles. The van der Waals surface area contributed by atoms with Crippen molar-refractivity contribution in [2.75, 3.05) is 39.3 Å². The molecular formula is C19H27N3O5S. The molecular weight excluding hydrogens is 382 g/mol. The summed E-state index contributed by atoms with van der Waals surface area (Å²) in [5.74, 6) is 0.589. The van der Waals surface area contributed by atoms with Gasteiger partial charge in [0.15, 0.2) is 0 Å². The Labute approximate surface area is 165 Å². The van der Waals surface area contributed by atoms with Gasteiger partial charge < -0.3 is 9.32 Å². The number of nitrogens with zero attached hydrogens (tertiary/aromatic N) is 3. The number of aryl methyl sites for hydroxylation is 1. The van der Waals surface area contributed by atoms with Crippen molar-refractivity contribution >= 4 is 16.1 Å². The summed E-state index contributed by atoms with van der Waals surface area (Å²) in [6.07, 6.45) is 4.96. The minimum atomic E-state index is -3.46. The summed E-state index contributed by atoms with van der Waals surface area (Å²) in [7, 11) is -3.46. The van der Waals surface area contributed by atoms with Gasteiger partial charge in [-0.15, -0.1) is 0 Å². The molecule has 28 heavy (non-hydrogen) atoms. The van der Waals surface area contributed by atoms with Crippen LogP contribution >= 0.6 is 0 Å². The van der Waals surface area contributed by atoms with Crippen LogP contribution in [0.1, 0.15) is 59.7 Å². The van der Waals surface area contributed by atoms with Gasteiger partial charge in [-0.2, -0.15) is 17.0 Å². The van der Waals surface area contributed by atoms with E-state index in [-0.39, 0.29) is 43.6 Å². The van der Waals surface area contributed by atoms with Crippen LogP contribution in [0.25, 0.3) is 0 Å². The third-order valence-electron chi connectivity index (χ3n) is 6.13. The van der Waals surface area contributed by atoms with Crippen molar-refractivity contribution in [2.45, 2.75) is 44.9 Å². The summed E-state index contributed by atoms with van der Waals surface area (Å²) < 4.78 is 33.7. The molecule has 0 spiro atoms. The molecule has 1 aromatic rings. The van der Waals surface area contributed by atoms with E-state index in [9.17, 15) is 18.0 Å². The predicted octanol–water partition coefficient (Wildman–Crippen LogP) is 1.31. The van der Waals surface area contributed by atoms with Crippen molar-refractivity contribution in [1.29, 1.82) is 0 Å². The molecule has 3 fully saturated rings. The molecule has 8 nitrogen and oxygen atoms in total. The number of carbonyl (C=O) groups is 1. The van der Waals surface area contributed by atoms with Crippen LogP contribution in [-0.2, 0) is 10.2 Å². The van der Waals surface area contributed by atoms with Crippen LogP contribution in [0.4, 0.5) is 0 Å². The molecule has 9 heteroatoms. The molecule has 0 radical (unpaired) electrons. The van der Waals surface area contributed by atoms with Gasteiger partial charge in [0.25, 0.3) is 16.1 Å². The number of piperazine rings is 1. The molecule has 0 N–H and O–H groups in total. The fourth-order valence-electron chi connectivity index (χ4n) is 4.15. The van der Waals surface area contributed by atoms with E-state index in [1.807, 2.05) is 6.07 Å². The Morgan fingerprint density at radius 2 is 1.61 bits per heavy atom. The highest BCUT2D eigenvalue weighted by Crippen LogP contribution is 2.36. The first-order chi connectivity index (χ1) is 13.4. The Balaban J connectivity index is 1.45. The molecule has 154 valence electrons. The van der Waals surface area contributed by atoms with Crippen LogP contribution in [0.15, 0.2) is 15.3 Å². The van der Waals surface area contributed by atoms with E-state index in [0.717, 1.165) is 32.1 Å². The summed E-state index contributed by atoms with van der Waals surface area (Å²) in [6, 6.07) is 1.81. The molecule has 0 bridgehead atoms. The van der Waals surface area contributed by atoms with Gasteiger partial charge in [-0.05, 0) is 44.2 Å². The molecule has 4 rings (SSSR count). The Morgan fingerprint density at radius 3 is 2.14 bits per heavy atom. The molecule has 0 unspecified atom stereocenters. The zero-order valence-corrected chi connectivity index (χ0v) is 17.0. The predicted molar refractivity (Wildman–Crippen MR) is 104 cm³/mol. The zero-order valence-electron chi connectivity index (χ0n) is 16.2. The molecule has 1 aliphatic carbocycles. The number of amides is 1. The van der Waals surface area contributed by atoms with Crippen LogP contribution < -0.4 is 5.63 Å². The second kappa shape index (κ2) is 7.61. The van der Waals surface area contributed by atoms with Gasteiger partial charge in [0.2, 0.25) is 0 Å². The first kappa shape index (κ1) is 19.6. The molecule has 3 aliphatic rings. The van der Waals surface area contributed by atoms with Crippen LogP contribution in [0, 0.1) is 6.92 Å². The molecule has 2 saturated heterocycles. The third-order valence-corrected chi connectivity index (χ3v) is 8.17. The normalized spacial score (nSPS) is 22.4. The van der Waals surface area contributed by atoms with Crippen molar-refractivity contribution in [3.05, 3.63) is 33.4 Å². The summed E-state index contributed by atoms with van der Waals surface area (Å²) in [4.78, 5) is 26.9. The van der Waals surface area contributed by atoms with Crippen LogP contribution in [0.3, 0.4) is 0 Å². The quantitative estimate of drug-likeness (QED) is 0.748. The number of hydrogen-bond acceptors (Lipinski definition) is 5. The van der Waals surface area contributed by atoms with Crippen LogP contribution in [-0.4, -0.2) is 67.1 Å². The van der Waals surface area contributed by atoms with Crippen molar-refractivity contribution in [1.82, 2.24) is 13.5 Å². The summed E-state index contributed by atoms with van der Waals surface area (Å²) in [5.41, 5.74) is 0.119. The highest BCUT2D eigenvalue weighted by Gasteiger charge is 2.35. The third kappa shape index (κ3) is 3.51. The fourth-order valence-corrected chi connectivity index (χ4v) is 5.82. The Kier molecular flexibility index (Phi) is 5.32. The molecule has 1 saturated carbocycles. The molecule has 3 heterocycles. The van der Waals surface area contributed by atoms with Crippen LogP contribution in [0.2, 0.25) is 0 Å². The topological polar surface area (TPSA) is 91.1 Å². The number of rotatable bonds is 4. The van der Waals surface area contributed by atoms with E-state index in [0.29, 0.717) is 24.4 Å². The monoisotopic (exact) mass is 409 g/mol. The molecule has 1 aromatic heterocycles. The highest BCUT2D eigenvalue weighted by atomic mass is 32.2. The lowest BCUT2D eigenvalue weighted by Gasteiger charge is -2.35. The maximum atomic E-state index is 12.9. The Hall–Kier alpha value is -1.71. The molecule has 2 aliphatic heterocycles. The lowest BCUT2D eigenvalue weighted by molar-refractivity contribution is 0.0688. The van der Waals surface area contributed by atoms with Crippen molar-refractivity contribution in [3.8, 4) is 0 Å².